The first-order valence-electron chi connectivity index (χ1n) is 7.08. The highest BCUT2D eigenvalue weighted by Crippen LogP contribution is 2.28. The third kappa shape index (κ3) is 3.68. The number of non-ortho nitro benzene ring substituents is 1. The van der Waals surface area contributed by atoms with Crippen molar-refractivity contribution < 1.29 is 9.72 Å². The van der Waals surface area contributed by atoms with Crippen molar-refractivity contribution in [1.29, 1.82) is 5.26 Å². The van der Waals surface area contributed by atoms with Crippen molar-refractivity contribution in [2.75, 3.05) is 0 Å². The number of hydrogen-bond donors (Lipinski definition) is 1. The molecule has 0 saturated carbocycles. The van der Waals surface area contributed by atoms with Gasteiger partial charge in [0.1, 0.15) is 0 Å². The maximum atomic E-state index is 12.1. The second kappa shape index (κ2) is 6.90. The van der Waals surface area contributed by atoms with Gasteiger partial charge in [0, 0.05) is 22.2 Å². The maximum Gasteiger partial charge on any atom is 0.281 e. The minimum Gasteiger partial charge on any atom is -0.266 e. The first kappa shape index (κ1) is 16.3. The van der Waals surface area contributed by atoms with Crippen molar-refractivity contribution in [3.63, 3.8) is 0 Å². The smallest absolute Gasteiger partial charge is 0.266 e. The lowest BCUT2D eigenvalue weighted by Crippen LogP contribution is -2.16. The molecule has 0 fully saturated rings. The zero-order chi connectivity index (χ0) is 17.8. The van der Waals surface area contributed by atoms with Gasteiger partial charge >= 0.3 is 0 Å². The van der Waals surface area contributed by atoms with E-state index in [4.69, 9.17) is 5.26 Å². The second-order valence-corrected chi connectivity index (χ2v) is 6.11. The van der Waals surface area contributed by atoms with Crippen LogP contribution in [0.25, 0.3) is 10.1 Å². The Morgan fingerprint density at radius 2 is 2.00 bits per heavy atom. The summed E-state index contributed by atoms with van der Waals surface area (Å²) in [5.41, 5.74) is 3.68. The predicted molar refractivity (Wildman–Crippen MR) is 94.7 cm³/mol. The zero-order valence-electron chi connectivity index (χ0n) is 12.7. The molecule has 0 aliphatic rings. The van der Waals surface area contributed by atoms with E-state index in [-0.39, 0.29) is 5.69 Å². The second-order valence-electron chi connectivity index (χ2n) is 5.02. The number of nitro benzene ring substituents is 1. The molecule has 2 aromatic carbocycles. The van der Waals surface area contributed by atoms with Gasteiger partial charge in [-0.1, -0.05) is 12.1 Å². The molecule has 0 radical (unpaired) electrons. The third-order valence-corrected chi connectivity index (χ3v) is 4.47. The van der Waals surface area contributed by atoms with Crippen molar-refractivity contribution in [2.45, 2.75) is 0 Å². The van der Waals surface area contributed by atoms with Gasteiger partial charge in [0.25, 0.3) is 11.6 Å². The van der Waals surface area contributed by atoms with Crippen LogP contribution in [0.5, 0.6) is 0 Å². The van der Waals surface area contributed by atoms with Crippen LogP contribution in [-0.2, 0) is 0 Å². The molecule has 3 rings (SSSR count). The molecule has 122 valence electrons. The summed E-state index contributed by atoms with van der Waals surface area (Å²) in [4.78, 5) is 22.9. The van der Waals surface area contributed by atoms with Gasteiger partial charge in [-0.25, -0.2) is 5.43 Å². The lowest BCUT2D eigenvalue weighted by atomic mass is 10.2. The Kier molecular flexibility index (Phi) is 4.50. The topological polar surface area (TPSA) is 108 Å². The number of fused-ring (bicyclic) bond motifs is 1. The van der Waals surface area contributed by atoms with Crippen LogP contribution in [0.3, 0.4) is 0 Å². The highest BCUT2D eigenvalue weighted by atomic mass is 32.1. The Balaban J connectivity index is 1.72. The molecule has 0 spiro atoms. The fraction of sp³-hybridized carbons (Fsp3) is 0. The van der Waals surface area contributed by atoms with E-state index in [2.05, 4.69) is 10.5 Å². The number of rotatable bonds is 4. The average molecular weight is 350 g/mol. The number of nitriles is 1. The Morgan fingerprint density at radius 3 is 2.68 bits per heavy atom. The lowest BCUT2D eigenvalue weighted by Gasteiger charge is -1.96. The monoisotopic (exact) mass is 350 g/mol. The van der Waals surface area contributed by atoms with E-state index in [0.29, 0.717) is 15.8 Å². The number of hydrogen-bond acceptors (Lipinski definition) is 6. The number of thiophene rings is 1. The Morgan fingerprint density at radius 1 is 1.24 bits per heavy atom. The molecule has 1 aromatic heterocycles. The molecule has 0 saturated heterocycles. The van der Waals surface area contributed by atoms with Gasteiger partial charge in [-0.15, -0.1) is 11.3 Å². The van der Waals surface area contributed by atoms with Crippen LogP contribution in [0.2, 0.25) is 0 Å². The summed E-state index contributed by atoms with van der Waals surface area (Å²) in [6.07, 6.45) is 1.47. The molecule has 8 heteroatoms. The van der Waals surface area contributed by atoms with Crippen LogP contribution in [-0.4, -0.2) is 17.0 Å². The normalized spacial score (nSPS) is 10.7. The van der Waals surface area contributed by atoms with Crippen molar-refractivity contribution in [3.05, 3.63) is 74.6 Å². The molecule has 0 unspecified atom stereocenters. The molecule has 1 N–H and O–H groups in total. The fourth-order valence-corrected chi connectivity index (χ4v) is 3.05. The molecule has 25 heavy (non-hydrogen) atoms. The molecule has 0 bridgehead atoms. The van der Waals surface area contributed by atoms with E-state index in [1.54, 1.807) is 36.4 Å². The molecule has 3 aromatic rings. The molecule has 1 heterocycles. The lowest BCUT2D eigenvalue weighted by molar-refractivity contribution is -0.384. The van der Waals surface area contributed by atoms with Crippen LogP contribution in [0.15, 0.2) is 53.6 Å². The van der Waals surface area contributed by atoms with E-state index in [9.17, 15) is 14.9 Å². The minimum atomic E-state index is -0.473. The highest BCUT2D eigenvalue weighted by Gasteiger charge is 2.12. The molecule has 7 nitrogen and oxygen atoms in total. The largest absolute Gasteiger partial charge is 0.281 e. The van der Waals surface area contributed by atoms with E-state index < -0.39 is 10.8 Å². The first-order chi connectivity index (χ1) is 12.1. The van der Waals surface area contributed by atoms with Crippen LogP contribution >= 0.6 is 11.3 Å². The van der Waals surface area contributed by atoms with Crippen LogP contribution in [0, 0.1) is 21.4 Å². The molecular weight excluding hydrogens is 340 g/mol. The summed E-state index contributed by atoms with van der Waals surface area (Å²) in [5.74, 6) is -0.395. The third-order valence-electron chi connectivity index (χ3n) is 3.35. The minimum absolute atomic E-state index is 0.0175. The average Bonchev–Trinajstić information content (AvgIpc) is 3.05. The molecule has 0 atom stereocenters. The Hall–Kier alpha value is -3.57. The summed E-state index contributed by atoms with van der Waals surface area (Å²) in [7, 11) is 0. The van der Waals surface area contributed by atoms with Crippen molar-refractivity contribution in [2.24, 2.45) is 5.10 Å². The summed E-state index contributed by atoms with van der Waals surface area (Å²) in [6.45, 7) is 0. The van der Waals surface area contributed by atoms with Crippen molar-refractivity contribution in [1.82, 2.24) is 5.43 Å². The van der Waals surface area contributed by atoms with E-state index >= 15 is 0 Å². The summed E-state index contributed by atoms with van der Waals surface area (Å²) in [5, 5.41) is 24.0. The van der Waals surface area contributed by atoms with Crippen LogP contribution in [0.4, 0.5) is 5.69 Å². The summed E-state index contributed by atoms with van der Waals surface area (Å²) in [6, 6.07) is 14.8. The van der Waals surface area contributed by atoms with Gasteiger partial charge in [-0.3, -0.25) is 14.9 Å². The van der Waals surface area contributed by atoms with Gasteiger partial charge in [0.15, 0.2) is 0 Å². The maximum absolute atomic E-state index is 12.1. The fourth-order valence-electron chi connectivity index (χ4n) is 2.12. The summed E-state index contributed by atoms with van der Waals surface area (Å²) < 4.78 is 0.784. The van der Waals surface area contributed by atoms with Gasteiger partial charge in [0.05, 0.1) is 27.6 Å². The summed E-state index contributed by atoms with van der Waals surface area (Å²) >= 11 is 1.23. The number of nitro groups is 1. The number of amides is 1. The molecule has 0 aliphatic carbocycles. The van der Waals surface area contributed by atoms with Gasteiger partial charge in [-0.05, 0) is 29.8 Å². The molecular formula is C17H10N4O3S. The zero-order valence-corrected chi connectivity index (χ0v) is 13.5. The number of nitrogens with zero attached hydrogens (tertiary/aromatic N) is 3. The highest BCUT2D eigenvalue weighted by molar-refractivity contribution is 7.20. The van der Waals surface area contributed by atoms with Gasteiger partial charge in [-0.2, -0.15) is 10.4 Å². The number of carbonyl (C=O) groups is 1. The molecule has 0 aliphatic heterocycles. The van der Waals surface area contributed by atoms with Gasteiger partial charge in [0.2, 0.25) is 0 Å². The van der Waals surface area contributed by atoms with Crippen LogP contribution < -0.4 is 5.43 Å². The Bertz CT molecular complexity index is 1030. The van der Waals surface area contributed by atoms with Crippen LogP contribution in [0.1, 0.15) is 20.8 Å². The SMILES string of the molecule is N#Cc1ccc(C=NNC(=O)c2cc3cc([N+](=O)[O-])ccc3s2)cc1. The number of hydrazone groups is 1. The first-order valence-corrected chi connectivity index (χ1v) is 7.90. The van der Waals surface area contributed by atoms with E-state index in [1.807, 2.05) is 6.07 Å². The van der Waals surface area contributed by atoms with E-state index in [1.165, 1.54) is 29.7 Å². The van der Waals surface area contributed by atoms with Crippen molar-refractivity contribution in [3.8, 4) is 6.07 Å². The number of carbonyl (C=O) groups excluding carboxylic acids is 1. The predicted octanol–water partition coefficient (Wildman–Crippen LogP) is 3.45. The Labute approximate surface area is 146 Å². The quantitative estimate of drug-likeness (QED) is 0.441. The number of benzene rings is 2. The molecule has 1 amide bonds. The standard InChI is InChI=1S/C17H10N4O3S/c18-9-11-1-3-12(4-2-11)10-19-20-17(22)16-8-13-7-14(21(23)24)5-6-15(13)25-16/h1-8,10H,(H,20,22). The van der Waals surface area contributed by atoms with Gasteiger partial charge < -0.3 is 0 Å². The van der Waals surface area contributed by atoms with Crippen molar-refractivity contribution >= 4 is 39.2 Å². The number of nitrogens with one attached hydrogen (secondary N) is 1. The van der Waals surface area contributed by atoms with E-state index in [0.717, 1.165) is 10.3 Å².